The Morgan fingerprint density at radius 1 is 1.15 bits per heavy atom. The molecule has 118 valence electrons. The summed E-state index contributed by atoms with van der Waals surface area (Å²) >= 11 is 0. The van der Waals surface area contributed by atoms with Crippen molar-refractivity contribution < 1.29 is 4.79 Å². The van der Waals surface area contributed by atoms with Gasteiger partial charge in [-0.3, -0.25) is 4.79 Å². The second kappa shape index (κ2) is 8.66. The molecule has 3 nitrogen and oxygen atoms in total. The van der Waals surface area contributed by atoms with Gasteiger partial charge in [-0.1, -0.05) is 40.5 Å². The zero-order valence-corrected chi connectivity index (χ0v) is 13.9. The third-order valence-electron chi connectivity index (χ3n) is 4.11. The first-order chi connectivity index (χ1) is 9.38. The van der Waals surface area contributed by atoms with E-state index >= 15 is 0 Å². The minimum Gasteiger partial charge on any atom is -0.342 e. The van der Waals surface area contributed by atoms with E-state index in [1.54, 1.807) is 0 Å². The predicted octanol–water partition coefficient (Wildman–Crippen LogP) is 3.42. The predicted molar refractivity (Wildman–Crippen MR) is 85.4 cm³/mol. The minimum atomic E-state index is 0.339. The van der Waals surface area contributed by atoms with Gasteiger partial charge in [0.15, 0.2) is 0 Å². The lowest BCUT2D eigenvalue weighted by Gasteiger charge is -2.29. The first-order valence-electron chi connectivity index (χ1n) is 8.41. The molecule has 1 aliphatic rings. The highest BCUT2D eigenvalue weighted by Crippen LogP contribution is 2.27. The van der Waals surface area contributed by atoms with Crippen molar-refractivity contribution in [2.45, 2.75) is 72.3 Å². The maximum atomic E-state index is 12.4. The molecule has 0 saturated heterocycles. The average Bonchev–Trinajstić information content (AvgIpc) is 2.34. The van der Waals surface area contributed by atoms with E-state index < -0.39 is 0 Å². The molecule has 1 amide bonds. The number of nitrogens with zero attached hydrogens (tertiary/aromatic N) is 1. The Hall–Kier alpha value is -0.570. The fourth-order valence-corrected chi connectivity index (χ4v) is 3.24. The zero-order valence-electron chi connectivity index (χ0n) is 13.9. The van der Waals surface area contributed by atoms with Crippen LogP contribution in [-0.2, 0) is 4.79 Å². The number of rotatable bonds is 7. The lowest BCUT2D eigenvalue weighted by Crippen LogP contribution is -2.37. The molecule has 0 bridgehead atoms. The highest BCUT2D eigenvalue weighted by Gasteiger charge is 2.22. The van der Waals surface area contributed by atoms with Crippen molar-refractivity contribution >= 4 is 5.91 Å². The highest BCUT2D eigenvalue weighted by atomic mass is 16.2. The van der Waals surface area contributed by atoms with Crippen LogP contribution >= 0.6 is 0 Å². The van der Waals surface area contributed by atoms with Gasteiger partial charge in [0.05, 0.1) is 0 Å². The molecule has 0 aromatic carbocycles. The van der Waals surface area contributed by atoms with E-state index in [0.29, 0.717) is 36.1 Å². The molecule has 1 aliphatic carbocycles. The summed E-state index contributed by atoms with van der Waals surface area (Å²) in [6, 6.07) is 0.367. The van der Waals surface area contributed by atoms with Crippen LogP contribution in [0.1, 0.15) is 66.2 Å². The number of carbonyl (C=O) groups is 1. The van der Waals surface area contributed by atoms with Crippen LogP contribution in [0.5, 0.6) is 0 Å². The Bertz CT molecular complexity index is 279. The number of amides is 1. The summed E-state index contributed by atoms with van der Waals surface area (Å²) in [5, 5.41) is 0. The van der Waals surface area contributed by atoms with Gasteiger partial charge in [0.25, 0.3) is 0 Å². The molecule has 0 heterocycles. The fraction of sp³-hybridized carbons (Fsp3) is 0.941. The van der Waals surface area contributed by atoms with Crippen LogP contribution in [0, 0.1) is 17.8 Å². The van der Waals surface area contributed by atoms with Crippen molar-refractivity contribution in [3.8, 4) is 0 Å². The van der Waals surface area contributed by atoms with Crippen molar-refractivity contribution in [2.75, 3.05) is 13.1 Å². The quantitative estimate of drug-likeness (QED) is 0.777. The van der Waals surface area contributed by atoms with E-state index in [1.165, 1.54) is 12.8 Å². The van der Waals surface area contributed by atoms with Crippen molar-refractivity contribution in [3.63, 3.8) is 0 Å². The van der Waals surface area contributed by atoms with Gasteiger partial charge in [-0.05, 0) is 37.0 Å². The molecule has 1 saturated carbocycles. The van der Waals surface area contributed by atoms with Gasteiger partial charge in [-0.25, -0.2) is 0 Å². The lowest BCUT2D eigenvalue weighted by atomic mass is 9.83. The topological polar surface area (TPSA) is 46.3 Å². The normalized spacial score (nSPS) is 23.4. The minimum absolute atomic E-state index is 0.339. The third kappa shape index (κ3) is 6.74. The van der Waals surface area contributed by atoms with Gasteiger partial charge < -0.3 is 10.6 Å². The van der Waals surface area contributed by atoms with Crippen molar-refractivity contribution in [1.29, 1.82) is 0 Å². The van der Waals surface area contributed by atoms with Crippen molar-refractivity contribution in [2.24, 2.45) is 23.5 Å². The standard InChI is InChI=1S/C17H34N2O/c1-13(2)11-19(12-14(3)4)17(20)9-8-15-6-5-7-16(18)10-15/h13-16H,5-12,18H2,1-4H3. The molecule has 0 radical (unpaired) electrons. The van der Waals surface area contributed by atoms with Gasteiger partial charge in [-0.2, -0.15) is 0 Å². The van der Waals surface area contributed by atoms with Crippen LogP contribution in [0.15, 0.2) is 0 Å². The molecular formula is C17H34N2O. The molecular weight excluding hydrogens is 248 g/mol. The van der Waals surface area contributed by atoms with Gasteiger partial charge in [0.1, 0.15) is 0 Å². The average molecular weight is 282 g/mol. The summed E-state index contributed by atoms with van der Waals surface area (Å²) in [6.07, 6.45) is 6.51. The number of nitrogens with two attached hydrogens (primary N) is 1. The van der Waals surface area contributed by atoms with E-state index in [9.17, 15) is 4.79 Å². The van der Waals surface area contributed by atoms with E-state index in [2.05, 4.69) is 32.6 Å². The Morgan fingerprint density at radius 2 is 1.75 bits per heavy atom. The van der Waals surface area contributed by atoms with Crippen molar-refractivity contribution in [1.82, 2.24) is 4.90 Å². The number of hydrogen-bond acceptors (Lipinski definition) is 2. The summed E-state index contributed by atoms with van der Waals surface area (Å²) < 4.78 is 0. The maximum Gasteiger partial charge on any atom is 0.222 e. The largest absolute Gasteiger partial charge is 0.342 e. The Kier molecular flexibility index (Phi) is 7.57. The second-order valence-electron chi connectivity index (χ2n) is 7.42. The molecule has 0 spiro atoms. The number of hydrogen-bond donors (Lipinski definition) is 1. The maximum absolute atomic E-state index is 12.4. The smallest absolute Gasteiger partial charge is 0.222 e. The lowest BCUT2D eigenvalue weighted by molar-refractivity contribution is -0.132. The van der Waals surface area contributed by atoms with Crippen LogP contribution in [0.2, 0.25) is 0 Å². The summed E-state index contributed by atoms with van der Waals surface area (Å²) in [4.78, 5) is 14.5. The van der Waals surface area contributed by atoms with Gasteiger partial charge >= 0.3 is 0 Å². The Labute approximate surface area is 125 Å². The van der Waals surface area contributed by atoms with Crippen LogP contribution < -0.4 is 5.73 Å². The van der Waals surface area contributed by atoms with Gasteiger partial charge in [-0.15, -0.1) is 0 Å². The highest BCUT2D eigenvalue weighted by molar-refractivity contribution is 5.76. The van der Waals surface area contributed by atoms with Crippen LogP contribution in [-0.4, -0.2) is 29.9 Å². The molecule has 2 N–H and O–H groups in total. The SMILES string of the molecule is CC(C)CN(CC(C)C)C(=O)CCC1CCCC(N)C1. The van der Waals surface area contributed by atoms with E-state index in [1.807, 2.05) is 0 Å². The third-order valence-corrected chi connectivity index (χ3v) is 4.11. The van der Waals surface area contributed by atoms with E-state index in [-0.39, 0.29) is 0 Å². The van der Waals surface area contributed by atoms with Crippen LogP contribution in [0.25, 0.3) is 0 Å². The van der Waals surface area contributed by atoms with Gasteiger partial charge in [0.2, 0.25) is 5.91 Å². The summed E-state index contributed by atoms with van der Waals surface area (Å²) in [7, 11) is 0. The first kappa shape index (κ1) is 17.5. The van der Waals surface area contributed by atoms with Crippen LogP contribution in [0.3, 0.4) is 0 Å². The van der Waals surface area contributed by atoms with Gasteiger partial charge in [0, 0.05) is 25.6 Å². The molecule has 2 unspecified atom stereocenters. The second-order valence-corrected chi connectivity index (χ2v) is 7.42. The fourth-order valence-electron chi connectivity index (χ4n) is 3.24. The summed E-state index contributed by atoms with van der Waals surface area (Å²) in [6.45, 7) is 10.5. The Morgan fingerprint density at radius 3 is 2.25 bits per heavy atom. The molecule has 1 rings (SSSR count). The molecule has 3 heteroatoms. The molecule has 0 aromatic rings. The zero-order chi connectivity index (χ0) is 15.1. The molecule has 20 heavy (non-hydrogen) atoms. The van der Waals surface area contributed by atoms with E-state index in [4.69, 9.17) is 5.73 Å². The monoisotopic (exact) mass is 282 g/mol. The summed E-state index contributed by atoms with van der Waals surface area (Å²) in [5.74, 6) is 2.09. The summed E-state index contributed by atoms with van der Waals surface area (Å²) in [5.41, 5.74) is 6.03. The number of carbonyl (C=O) groups excluding carboxylic acids is 1. The first-order valence-corrected chi connectivity index (χ1v) is 8.41. The Balaban J connectivity index is 2.40. The van der Waals surface area contributed by atoms with Crippen LogP contribution in [0.4, 0.5) is 0 Å². The molecule has 1 fully saturated rings. The van der Waals surface area contributed by atoms with Crippen molar-refractivity contribution in [3.05, 3.63) is 0 Å². The molecule has 2 atom stereocenters. The molecule has 0 aliphatic heterocycles. The molecule has 0 aromatic heterocycles. The van der Waals surface area contributed by atoms with E-state index in [0.717, 1.165) is 32.4 Å².